The van der Waals surface area contributed by atoms with Gasteiger partial charge in [0, 0.05) is 10.7 Å². The van der Waals surface area contributed by atoms with E-state index < -0.39 is 12.1 Å². The van der Waals surface area contributed by atoms with Gasteiger partial charge in [-0.25, -0.2) is 10.3 Å². The lowest BCUT2D eigenvalue weighted by atomic mass is 10.2. The van der Waals surface area contributed by atoms with Gasteiger partial charge in [-0.3, -0.25) is 5.21 Å². The molecule has 0 amide bonds. The maximum Gasteiger partial charge on any atom is 0.490 e. The number of carboxylic acid groups (broad SMARTS) is 1. The van der Waals surface area contributed by atoms with Gasteiger partial charge in [-0.05, 0) is 36.4 Å². The zero-order valence-corrected chi connectivity index (χ0v) is 18.5. The van der Waals surface area contributed by atoms with Gasteiger partial charge in [-0.15, -0.1) is 0 Å². The van der Waals surface area contributed by atoms with Crippen molar-refractivity contribution in [1.29, 1.82) is 5.26 Å². The van der Waals surface area contributed by atoms with Crippen LogP contribution < -0.4 is 15.5 Å². The van der Waals surface area contributed by atoms with Crippen molar-refractivity contribution < 1.29 is 33.0 Å². The Hall–Kier alpha value is -3.57. The highest BCUT2D eigenvalue weighted by Crippen LogP contribution is 2.38. The second-order valence-corrected chi connectivity index (χ2v) is 7.05. The van der Waals surface area contributed by atoms with Crippen LogP contribution in [0.2, 0.25) is 15.1 Å². The molecule has 0 spiro atoms. The minimum atomic E-state index is -5.08. The quantitative estimate of drug-likeness (QED) is 0.299. The van der Waals surface area contributed by atoms with E-state index >= 15 is 0 Å². The van der Waals surface area contributed by atoms with Crippen molar-refractivity contribution in [2.75, 3.05) is 10.8 Å². The lowest BCUT2D eigenvalue weighted by Crippen LogP contribution is -2.21. The summed E-state index contributed by atoms with van der Waals surface area (Å²) in [6, 6.07) is 11.3. The molecule has 34 heavy (non-hydrogen) atoms. The number of halogens is 6. The molecule has 0 aliphatic rings. The average Bonchev–Trinajstić information content (AvgIpc) is 2.76. The highest BCUT2D eigenvalue weighted by molar-refractivity contribution is 6.40. The molecule has 0 bridgehead atoms. The Balaban J connectivity index is 0.000000509. The Morgan fingerprint density at radius 1 is 1.03 bits per heavy atom. The predicted molar refractivity (Wildman–Crippen MR) is 115 cm³/mol. The van der Waals surface area contributed by atoms with Crippen LogP contribution in [0, 0.1) is 11.3 Å². The lowest BCUT2D eigenvalue weighted by Gasteiger charge is -2.11. The number of nitrogens with zero attached hydrogens (tertiary/aromatic N) is 4. The van der Waals surface area contributed by atoms with Crippen molar-refractivity contribution in [2.24, 2.45) is 0 Å². The van der Waals surface area contributed by atoms with Crippen molar-refractivity contribution in [2.45, 2.75) is 6.18 Å². The van der Waals surface area contributed by atoms with E-state index in [1.54, 1.807) is 24.3 Å². The monoisotopic (exact) mass is 536 g/mol. The number of carboxylic acids is 1. The van der Waals surface area contributed by atoms with Crippen LogP contribution in [-0.4, -0.2) is 37.4 Å². The van der Waals surface area contributed by atoms with Crippen molar-refractivity contribution >= 4 is 58.4 Å². The maximum atomic E-state index is 10.6. The van der Waals surface area contributed by atoms with E-state index in [0.717, 1.165) is 0 Å². The molecular weight excluding hydrogens is 528 g/mol. The molecule has 16 heteroatoms. The summed E-state index contributed by atoms with van der Waals surface area (Å²) in [5, 5.41) is 28.7. The third kappa shape index (κ3) is 7.78. The molecule has 0 unspecified atom stereocenters. The molecule has 3 aromatic rings. The fourth-order valence-electron chi connectivity index (χ4n) is 1.98. The zero-order valence-electron chi connectivity index (χ0n) is 16.2. The first kappa shape index (κ1) is 26.7. The minimum Gasteiger partial charge on any atom is -0.475 e. The van der Waals surface area contributed by atoms with Gasteiger partial charge in [0.2, 0.25) is 5.95 Å². The lowest BCUT2D eigenvalue weighted by molar-refractivity contribution is -0.192. The number of carbonyl (C=O) groups is 1. The summed E-state index contributed by atoms with van der Waals surface area (Å²) in [5.74, 6) is -2.76. The van der Waals surface area contributed by atoms with E-state index in [-0.39, 0.29) is 33.7 Å². The molecule has 0 saturated carbocycles. The van der Waals surface area contributed by atoms with Crippen molar-refractivity contribution in [3.8, 4) is 17.8 Å². The van der Waals surface area contributed by atoms with Crippen LogP contribution in [0.4, 0.5) is 30.8 Å². The number of nitriles is 1. The molecular formula is C18H10Cl3F3N6O4. The summed E-state index contributed by atoms with van der Waals surface area (Å²) in [7, 11) is 0. The van der Waals surface area contributed by atoms with Crippen LogP contribution in [0.15, 0.2) is 36.4 Å². The molecule has 178 valence electrons. The van der Waals surface area contributed by atoms with E-state index in [0.29, 0.717) is 16.3 Å². The molecule has 1 aromatic heterocycles. The van der Waals surface area contributed by atoms with Crippen molar-refractivity contribution in [3.05, 3.63) is 57.0 Å². The number of hydrogen-bond donors (Lipinski definition) is 4. The Morgan fingerprint density at radius 2 is 1.56 bits per heavy atom. The molecule has 3 rings (SSSR count). The Labute approximate surface area is 203 Å². The average molecular weight is 538 g/mol. The summed E-state index contributed by atoms with van der Waals surface area (Å²) < 4.78 is 37.3. The summed E-state index contributed by atoms with van der Waals surface area (Å²) in [5.41, 5.74) is 2.94. The van der Waals surface area contributed by atoms with Crippen LogP contribution in [0.5, 0.6) is 11.8 Å². The van der Waals surface area contributed by atoms with Gasteiger partial charge in [0.1, 0.15) is 0 Å². The smallest absolute Gasteiger partial charge is 0.475 e. The first-order valence-corrected chi connectivity index (χ1v) is 9.62. The second-order valence-electron chi connectivity index (χ2n) is 5.79. The van der Waals surface area contributed by atoms with Crippen molar-refractivity contribution in [1.82, 2.24) is 15.0 Å². The highest BCUT2D eigenvalue weighted by Gasteiger charge is 2.38. The van der Waals surface area contributed by atoms with Gasteiger partial charge in [-0.2, -0.15) is 33.4 Å². The number of anilines is 3. The minimum absolute atomic E-state index is 0.0717. The molecule has 2 aromatic carbocycles. The zero-order chi connectivity index (χ0) is 25.5. The number of benzene rings is 2. The van der Waals surface area contributed by atoms with Gasteiger partial charge in [0.15, 0.2) is 5.75 Å². The molecule has 4 N–H and O–H groups in total. The van der Waals surface area contributed by atoms with E-state index in [2.05, 4.69) is 20.3 Å². The number of aromatic nitrogens is 3. The standard InChI is InChI=1S/C16H9Cl3N6O2.C2HF3O2/c17-9-5-11(18)13(12(19)6-9)27-16-23-14(22-15(24-16)25-26)21-10-3-1-8(7-20)2-4-10;3-2(4,5)1(6)7/h1-6,26H,(H2,21,22,23,24,25);(H,6,7). The summed E-state index contributed by atoms with van der Waals surface area (Å²) >= 11 is 18.0. The van der Waals surface area contributed by atoms with E-state index in [1.807, 2.05) is 11.5 Å². The van der Waals surface area contributed by atoms with Gasteiger partial charge >= 0.3 is 18.2 Å². The Kier molecular flexibility index (Phi) is 9.04. The van der Waals surface area contributed by atoms with Crippen LogP contribution in [0.1, 0.15) is 5.56 Å². The van der Waals surface area contributed by atoms with Crippen LogP contribution >= 0.6 is 34.8 Å². The number of nitrogens with one attached hydrogen (secondary N) is 2. The Bertz CT molecular complexity index is 1200. The third-order valence-electron chi connectivity index (χ3n) is 3.38. The molecule has 0 fully saturated rings. The summed E-state index contributed by atoms with van der Waals surface area (Å²) in [6.45, 7) is 0. The van der Waals surface area contributed by atoms with Gasteiger partial charge in [0.25, 0.3) is 5.95 Å². The van der Waals surface area contributed by atoms with Gasteiger partial charge < -0.3 is 15.2 Å². The molecule has 0 aliphatic heterocycles. The van der Waals surface area contributed by atoms with Gasteiger partial charge in [-0.1, -0.05) is 34.8 Å². The first-order valence-electron chi connectivity index (χ1n) is 8.48. The second kappa shape index (κ2) is 11.5. The normalized spacial score (nSPS) is 10.4. The third-order valence-corrected chi connectivity index (χ3v) is 4.16. The molecule has 10 nitrogen and oxygen atoms in total. The topological polar surface area (TPSA) is 153 Å². The molecule has 0 saturated heterocycles. The molecule has 0 atom stereocenters. The maximum absolute atomic E-state index is 10.6. The fraction of sp³-hybridized carbons (Fsp3) is 0.0556. The highest BCUT2D eigenvalue weighted by atomic mass is 35.5. The number of ether oxygens (including phenoxy) is 1. The van der Waals surface area contributed by atoms with E-state index in [9.17, 15) is 13.2 Å². The van der Waals surface area contributed by atoms with Crippen LogP contribution in [-0.2, 0) is 4.79 Å². The predicted octanol–water partition coefficient (Wildman–Crippen LogP) is 5.67. The molecule has 0 aliphatic carbocycles. The molecule has 0 radical (unpaired) electrons. The SMILES string of the molecule is N#Cc1ccc(Nc2nc(NO)nc(Oc3c(Cl)cc(Cl)cc3Cl)n2)cc1.O=C(O)C(F)(F)F. The number of rotatable bonds is 5. The fourth-order valence-corrected chi connectivity index (χ4v) is 2.88. The summed E-state index contributed by atoms with van der Waals surface area (Å²) in [6.07, 6.45) is -5.08. The number of hydrogen-bond acceptors (Lipinski definition) is 9. The van der Waals surface area contributed by atoms with E-state index in [4.69, 9.17) is 59.9 Å². The van der Waals surface area contributed by atoms with Crippen LogP contribution in [0.3, 0.4) is 0 Å². The van der Waals surface area contributed by atoms with Crippen LogP contribution in [0.25, 0.3) is 0 Å². The largest absolute Gasteiger partial charge is 0.490 e. The van der Waals surface area contributed by atoms with Crippen molar-refractivity contribution in [3.63, 3.8) is 0 Å². The van der Waals surface area contributed by atoms with E-state index in [1.165, 1.54) is 12.1 Å². The number of aliphatic carboxylic acids is 1. The number of alkyl halides is 3. The first-order chi connectivity index (χ1) is 15.9. The molecule has 1 heterocycles. The van der Waals surface area contributed by atoms with Gasteiger partial charge in [0.05, 0.1) is 21.7 Å². The summed E-state index contributed by atoms with van der Waals surface area (Å²) in [4.78, 5) is 20.8. The Morgan fingerprint density at radius 3 is 2.03 bits per heavy atom.